The summed E-state index contributed by atoms with van der Waals surface area (Å²) in [6.07, 6.45) is 0.144. The van der Waals surface area contributed by atoms with Crippen LogP contribution < -0.4 is 5.32 Å². The minimum atomic E-state index is -0.700. The molecule has 3 aromatic rings. The van der Waals surface area contributed by atoms with Crippen LogP contribution in [0.25, 0.3) is 0 Å². The molecular weight excluding hydrogens is 378 g/mol. The lowest BCUT2D eigenvalue weighted by Crippen LogP contribution is -2.23. The molecule has 0 heterocycles. The van der Waals surface area contributed by atoms with Gasteiger partial charge in [-0.2, -0.15) is 0 Å². The zero-order valence-corrected chi connectivity index (χ0v) is 17.0. The monoisotopic (exact) mass is 407 g/mol. The maximum absolute atomic E-state index is 10.3. The van der Waals surface area contributed by atoms with Gasteiger partial charge in [-0.05, 0) is 47.4 Å². The number of benzene rings is 3. The minimum absolute atomic E-state index is 0.0361. The predicted octanol–water partition coefficient (Wildman–Crippen LogP) is 3.47. The lowest BCUT2D eigenvalue weighted by atomic mass is 10.0. The van der Waals surface area contributed by atoms with Crippen LogP contribution in [-0.2, 0) is 31.0 Å². The van der Waals surface area contributed by atoms with Crippen molar-refractivity contribution in [1.29, 1.82) is 0 Å². The molecule has 3 aromatic carbocycles. The van der Waals surface area contributed by atoms with Crippen molar-refractivity contribution in [3.8, 4) is 5.75 Å². The normalized spacial score (nSPS) is 12.1. The summed E-state index contributed by atoms with van der Waals surface area (Å²) in [6.45, 7) is 2.04. The van der Waals surface area contributed by atoms with Gasteiger partial charge in [0.05, 0.1) is 25.9 Å². The standard InChI is InChI=1S/C25H29NO4/c27-16-23-14-22(9-10-24(23)28)25(29)15-26-12-11-19-7-4-8-21(13-19)18-30-17-20-5-2-1-3-6-20/h1-10,13-14,25-29H,11-12,15-18H2/t25-/m0/s1. The molecule has 0 unspecified atom stereocenters. The Hall–Kier alpha value is -2.70. The van der Waals surface area contributed by atoms with Crippen LogP contribution in [0.3, 0.4) is 0 Å². The van der Waals surface area contributed by atoms with Crippen LogP contribution in [0.5, 0.6) is 5.75 Å². The maximum atomic E-state index is 10.3. The van der Waals surface area contributed by atoms with E-state index >= 15 is 0 Å². The molecule has 0 amide bonds. The lowest BCUT2D eigenvalue weighted by molar-refractivity contribution is 0.107. The van der Waals surface area contributed by atoms with Crippen molar-refractivity contribution < 1.29 is 20.1 Å². The average molecular weight is 408 g/mol. The Morgan fingerprint density at radius 2 is 1.57 bits per heavy atom. The predicted molar refractivity (Wildman–Crippen MR) is 117 cm³/mol. The first-order chi connectivity index (χ1) is 14.7. The number of aromatic hydroxyl groups is 1. The highest BCUT2D eigenvalue weighted by Crippen LogP contribution is 2.22. The molecule has 3 rings (SSSR count). The van der Waals surface area contributed by atoms with Crippen LogP contribution in [0.4, 0.5) is 0 Å². The van der Waals surface area contributed by atoms with Gasteiger partial charge in [0.25, 0.3) is 0 Å². The third kappa shape index (κ3) is 6.68. The van der Waals surface area contributed by atoms with E-state index < -0.39 is 6.10 Å². The smallest absolute Gasteiger partial charge is 0.121 e. The summed E-state index contributed by atoms with van der Waals surface area (Å²) in [4.78, 5) is 0. The molecule has 0 saturated heterocycles. The molecular formula is C25H29NO4. The topological polar surface area (TPSA) is 82.0 Å². The number of hydrogen-bond acceptors (Lipinski definition) is 5. The number of aliphatic hydroxyl groups excluding tert-OH is 2. The second-order valence-electron chi connectivity index (χ2n) is 7.31. The van der Waals surface area contributed by atoms with E-state index in [0.29, 0.717) is 30.9 Å². The Bertz CT molecular complexity index is 914. The van der Waals surface area contributed by atoms with Gasteiger partial charge in [0.1, 0.15) is 5.75 Å². The van der Waals surface area contributed by atoms with Crippen molar-refractivity contribution >= 4 is 0 Å². The van der Waals surface area contributed by atoms with Gasteiger partial charge in [0.2, 0.25) is 0 Å². The molecule has 4 N–H and O–H groups in total. The number of rotatable bonds is 11. The molecule has 5 heteroatoms. The van der Waals surface area contributed by atoms with Crippen molar-refractivity contribution in [3.05, 3.63) is 101 Å². The van der Waals surface area contributed by atoms with Crippen LogP contribution in [0.1, 0.15) is 33.9 Å². The Morgan fingerprint density at radius 3 is 2.37 bits per heavy atom. The van der Waals surface area contributed by atoms with Gasteiger partial charge in [-0.1, -0.05) is 60.7 Å². The zero-order valence-electron chi connectivity index (χ0n) is 17.0. The highest BCUT2D eigenvalue weighted by atomic mass is 16.5. The van der Waals surface area contributed by atoms with Crippen molar-refractivity contribution in [1.82, 2.24) is 5.32 Å². The summed E-state index contributed by atoms with van der Waals surface area (Å²) < 4.78 is 5.81. The molecule has 0 aliphatic rings. The van der Waals surface area contributed by atoms with Crippen LogP contribution in [0.2, 0.25) is 0 Å². The van der Waals surface area contributed by atoms with Crippen molar-refractivity contribution in [2.24, 2.45) is 0 Å². The van der Waals surface area contributed by atoms with E-state index in [0.717, 1.165) is 24.1 Å². The third-order valence-electron chi connectivity index (χ3n) is 4.96. The Kier molecular flexibility index (Phi) is 8.41. The highest BCUT2D eigenvalue weighted by Gasteiger charge is 2.10. The van der Waals surface area contributed by atoms with Crippen molar-refractivity contribution in [2.45, 2.75) is 32.3 Å². The molecule has 0 fully saturated rings. The van der Waals surface area contributed by atoms with Crippen molar-refractivity contribution in [2.75, 3.05) is 13.1 Å². The molecule has 0 saturated carbocycles. The largest absolute Gasteiger partial charge is 0.508 e. The van der Waals surface area contributed by atoms with E-state index in [4.69, 9.17) is 4.74 Å². The number of aliphatic hydroxyl groups is 2. The summed E-state index contributed by atoms with van der Waals surface area (Å²) in [6, 6.07) is 23.3. The molecule has 30 heavy (non-hydrogen) atoms. The van der Waals surface area contributed by atoms with E-state index in [1.54, 1.807) is 12.1 Å². The van der Waals surface area contributed by atoms with Crippen molar-refractivity contribution in [3.63, 3.8) is 0 Å². The van der Waals surface area contributed by atoms with Crippen LogP contribution in [0.15, 0.2) is 72.8 Å². The van der Waals surface area contributed by atoms with Gasteiger partial charge in [0, 0.05) is 12.1 Å². The quantitative estimate of drug-likeness (QED) is 0.366. The zero-order chi connectivity index (χ0) is 21.2. The summed E-state index contributed by atoms with van der Waals surface area (Å²) in [5.41, 5.74) is 4.60. The Labute approximate surface area is 177 Å². The third-order valence-corrected chi connectivity index (χ3v) is 4.96. The first kappa shape index (κ1) is 22.0. The van der Waals surface area contributed by atoms with Crippen LogP contribution >= 0.6 is 0 Å². The van der Waals surface area contributed by atoms with Crippen LogP contribution in [-0.4, -0.2) is 28.4 Å². The SMILES string of the molecule is OCc1cc([C@@H](O)CNCCc2cccc(COCc3ccccc3)c2)ccc1O. The van der Waals surface area contributed by atoms with Gasteiger partial charge in [-0.25, -0.2) is 0 Å². The molecule has 0 bridgehead atoms. The lowest BCUT2D eigenvalue weighted by Gasteiger charge is -2.14. The Morgan fingerprint density at radius 1 is 0.833 bits per heavy atom. The van der Waals surface area contributed by atoms with E-state index in [1.807, 2.05) is 24.3 Å². The van der Waals surface area contributed by atoms with E-state index in [9.17, 15) is 15.3 Å². The fourth-order valence-electron chi connectivity index (χ4n) is 3.26. The van der Waals surface area contributed by atoms with Gasteiger partial charge < -0.3 is 25.4 Å². The molecule has 0 spiro atoms. The van der Waals surface area contributed by atoms with Gasteiger partial charge in [-0.15, -0.1) is 0 Å². The maximum Gasteiger partial charge on any atom is 0.121 e. The number of ether oxygens (including phenoxy) is 1. The van der Waals surface area contributed by atoms with Gasteiger partial charge >= 0.3 is 0 Å². The van der Waals surface area contributed by atoms with Gasteiger partial charge in [0.15, 0.2) is 0 Å². The fraction of sp³-hybridized carbons (Fsp3) is 0.280. The molecule has 5 nitrogen and oxygen atoms in total. The van der Waals surface area contributed by atoms with Crippen LogP contribution in [0, 0.1) is 0 Å². The molecule has 0 aliphatic carbocycles. The summed E-state index contributed by atoms with van der Waals surface area (Å²) in [5.74, 6) is 0.0361. The van der Waals surface area contributed by atoms with Gasteiger partial charge in [-0.3, -0.25) is 0 Å². The number of nitrogens with one attached hydrogen (secondary N) is 1. The molecule has 1 atom stereocenters. The molecule has 0 aromatic heterocycles. The summed E-state index contributed by atoms with van der Waals surface area (Å²) >= 11 is 0. The van der Waals surface area contributed by atoms with E-state index in [-0.39, 0.29) is 12.4 Å². The number of phenols is 1. The van der Waals surface area contributed by atoms with E-state index in [1.165, 1.54) is 11.6 Å². The molecule has 0 radical (unpaired) electrons. The molecule has 158 valence electrons. The Balaban J connectivity index is 1.41. The van der Waals surface area contributed by atoms with E-state index in [2.05, 4.69) is 35.6 Å². The second kappa shape index (κ2) is 11.5. The number of hydrogen-bond donors (Lipinski definition) is 4. The first-order valence-corrected chi connectivity index (χ1v) is 10.2. The second-order valence-corrected chi connectivity index (χ2v) is 7.31. The summed E-state index contributed by atoms with van der Waals surface area (Å²) in [7, 11) is 0. The fourth-order valence-corrected chi connectivity index (χ4v) is 3.26. The minimum Gasteiger partial charge on any atom is -0.508 e. The molecule has 0 aliphatic heterocycles. The highest BCUT2D eigenvalue weighted by molar-refractivity contribution is 5.36. The average Bonchev–Trinajstić information content (AvgIpc) is 2.78. The first-order valence-electron chi connectivity index (χ1n) is 10.2. The summed E-state index contributed by atoms with van der Waals surface area (Å²) in [5, 5.41) is 32.4.